The van der Waals surface area contributed by atoms with Crippen molar-refractivity contribution in [3.63, 3.8) is 0 Å². The van der Waals surface area contributed by atoms with Crippen molar-refractivity contribution >= 4 is 44.8 Å². The highest BCUT2D eigenvalue weighted by Crippen LogP contribution is 2.32. The number of anilines is 1. The van der Waals surface area contributed by atoms with Gasteiger partial charge < -0.3 is 10.4 Å². The molecule has 10 heteroatoms. The Hall–Kier alpha value is -1.88. The number of amides is 1. The number of hydrogen-bond acceptors (Lipinski definition) is 7. The van der Waals surface area contributed by atoms with E-state index in [0.29, 0.717) is 11.0 Å². The fourth-order valence-electron chi connectivity index (χ4n) is 2.35. The van der Waals surface area contributed by atoms with Crippen LogP contribution in [0.15, 0.2) is 33.9 Å². The standard InChI is InChI=1S/C15H14BrFN4O3S/c16-8-1-2-11(10(17)5-8)20-13-9-6-19-25-12(9)7-18-14(13)15(23)21-24-4-3-22/h1-2,5-6,13,20,22H,3-4,7H2,(H,21,23). The number of nitrogens with zero attached hydrogens (tertiary/aromatic N) is 2. The second-order valence-corrected chi connectivity index (χ2v) is 6.91. The molecule has 0 saturated carbocycles. The predicted molar refractivity (Wildman–Crippen MR) is 94.9 cm³/mol. The van der Waals surface area contributed by atoms with Crippen LogP contribution in [0.3, 0.4) is 0 Å². The molecule has 1 aromatic heterocycles. The number of aliphatic hydroxyl groups is 1. The first-order valence-corrected chi connectivity index (χ1v) is 8.89. The van der Waals surface area contributed by atoms with Crippen molar-refractivity contribution in [2.75, 3.05) is 18.5 Å². The molecule has 0 saturated heterocycles. The Morgan fingerprint density at radius 2 is 2.36 bits per heavy atom. The van der Waals surface area contributed by atoms with E-state index < -0.39 is 17.8 Å². The fraction of sp³-hybridized carbons (Fsp3) is 0.267. The maximum absolute atomic E-state index is 14.2. The Morgan fingerprint density at radius 1 is 1.52 bits per heavy atom. The molecule has 1 aliphatic rings. The Balaban J connectivity index is 1.86. The number of fused-ring (bicyclic) bond motifs is 1. The number of rotatable bonds is 6. The molecule has 7 nitrogen and oxygen atoms in total. The maximum Gasteiger partial charge on any atom is 0.291 e. The van der Waals surface area contributed by atoms with Crippen molar-refractivity contribution in [3.05, 3.63) is 45.1 Å². The first-order chi connectivity index (χ1) is 12.1. The van der Waals surface area contributed by atoms with Gasteiger partial charge in [-0.1, -0.05) is 15.9 Å². The lowest BCUT2D eigenvalue weighted by Crippen LogP contribution is -2.39. The van der Waals surface area contributed by atoms with Crippen molar-refractivity contribution < 1.29 is 19.1 Å². The van der Waals surface area contributed by atoms with E-state index in [1.165, 1.54) is 17.6 Å². The van der Waals surface area contributed by atoms with E-state index in [0.717, 1.165) is 10.4 Å². The Kier molecular flexibility index (Phi) is 5.74. The smallest absolute Gasteiger partial charge is 0.291 e. The summed E-state index contributed by atoms with van der Waals surface area (Å²) < 4.78 is 18.9. The van der Waals surface area contributed by atoms with Crippen LogP contribution in [0.1, 0.15) is 16.5 Å². The van der Waals surface area contributed by atoms with Crippen LogP contribution >= 0.6 is 27.5 Å². The van der Waals surface area contributed by atoms with Crippen LogP contribution in [0.5, 0.6) is 0 Å². The van der Waals surface area contributed by atoms with Gasteiger partial charge in [0.25, 0.3) is 5.91 Å². The van der Waals surface area contributed by atoms with Crippen molar-refractivity contribution in [1.82, 2.24) is 9.85 Å². The molecule has 1 unspecified atom stereocenters. The number of halogens is 2. The topological polar surface area (TPSA) is 95.8 Å². The summed E-state index contributed by atoms with van der Waals surface area (Å²) in [7, 11) is 0. The molecule has 25 heavy (non-hydrogen) atoms. The van der Waals surface area contributed by atoms with Crippen molar-refractivity contribution in [2.24, 2.45) is 4.99 Å². The number of carbonyl (C=O) groups excluding carboxylic acids is 1. The summed E-state index contributed by atoms with van der Waals surface area (Å²) in [5.41, 5.74) is 3.40. The third kappa shape index (κ3) is 4.03. The van der Waals surface area contributed by atoms with Crippen molar-refractivity contribution in [1.29, 1.82) is 0 Å². The van der Waals surface area contributed by atoms with Crippen LogP contribution in [-0.2, 0) is 16.2 Å². The fourth-order valence-corrected chi connectivity index (χ4v) is 3.37. The number of aliphatic hydroxyl groups excluding tert-OH is 1. The molecule has 2 aromatic rings. The number of aliphatic imine (C=N–C) groups is 1. The zero-order chi connectivity index (χ0) is 17.8. The van der Waals surface area contributed by atoms with Gasteiger partial charge in [-0.25, -0.2) is 14.2 Å². The molecule has 0 bridgehead atoms. The first kappa shape index (κ1) is 17.9. The summed E-state index contributed by atoms with van der Waals surface area (Å²) in [6, 6.07) is 3.95. The van der Waals surface area contributed by atoms with E-state index in [2.05, 4.69) is 36.1 Å². The lowest BCUT2D eigenvalue weighted by atomic mass is 9.99. The molecular weight excluding hydrogens is 415 g/mol. The molecule has 3 N–H and O–H groups in total. The molecule has 0 spiro atoms. The second kappa shape index (κ2) is 8.00. The quantitative estimate of drug-likeness (QED) is 0.484. The van der Waals surface area contributed by atoms with Gasteiger partial charge in [-0.05, 0) is 29.7 Å². The highest BCUT2D eigenvalue weighted by atomic mass is 79.9. The van der Waals surface area contributed by atoms with Crippen LogP contribution in [0.4, 0.5) is 10.1 Å². The van der Waals surface area contributed by atoms with E-state index in [1.807, 2.05) is 0 Å². The Morgan fingerprint density at radius 3 is 3.12 bits per heavy atom. The first-order valence-electron chi connectivity index (χ1n) is 7.32. The van der Waals surface area contributed by atoms with Gasteiger partial charge >= 0.3 is 0 Å². The third-order valence-electron chi connectivity index (χ3n) is 3.48. The zero-order valence-corrected chi connectivity index (χ0v) is 15.2. The summed E-state index contributed by atoms with van der Waals surface area (Å²) in [5.74, 6) is -1.01. The SMILES string of the molecule is O=C(NOCCO)C1=NCc2sncc2C1Nc1ccc(Br)cc1F. The lowest BCUT2D eigenvalue weighted by molar-refractivity contribution is -0.127. The molecule has 0 fully saturated rings. The number of aromatic nitrogens is 1. The number of nitrogens with one attached hydrogen (secondary N) is 2. The van der Waals surface area contributed by atoms with E-state index in [-0.39, 0.29) is 24.6 Å². The molecule has 1 amide bonds. The Bertz CT molecular complexity index is 814. The highest BCUT2D eigenvalue weighted by molar-refractivity contribution is 9.10. The minimum Gasteiger partial charge on any atom is -0.394 e. The molecule has 0 radical (unpaired) electrons. The highest BCUT2D eigenvalue weighted by Gasteiger charge is 2.31. The largest absolute Gasteiger partial charge is 0.394 e. The number of hydroxylamine groups is 1. The van der Waals surface area contributed by atoms with E-state index >= 15 is 0 Å². The zero-order valence-electron chi connectivity index (χ0n) is 12.8. The van der Waals surface area contributed by atoms with Gasteiger partial charge in [0.15, 0.2) is 0 Å². The van der Waals surface area contributed by atoms with Gasteiger partial charge in [-0.15, -0.1) is 0 Å². The summed E-state index contributed by atoms with van der Waals surface area (Å²) >= 11 is 4.50. The average molecular weight is 429 g/mol. The van der Waals surface area contributed by atoms with Gasteiger partial charge in [0, 0.05) is 16.2 Å². The predicted octanol–water partition coefficient (Wildman–Crippen LogP) is 2.19. The normalized spacial score (nSPS) is 16.1. The molecule has 132 valence electrons. The Labute approximate surface area is 155 Å². The van der Waals surface area contributed by atoms with Gasteiger partial charge in [0.05, 0.1) is 30.3 Å². The van der Waals surface area contributed by atoms with Crippen LogP contribution < -0.4 is 10.8 Å². The van der Waals surface area contributed by atoms with Crippen LogP contribution in [0.2, 0.25) is 0 Å². The van der Waals surface area contributed by atoms with Crippen LogP contribution in [0, 0.1) is 5.82 Å². The number of carbonyl (C=O) groups is 1. The number of hydrogen-bond donors (Lipinski definition) is 3. The summed E-state index contributed by atoms with van der Waals surface area (Å²) in [4.78, 5) is 22.4. The van der Waals surface area contributed by atoms with Gasteiger partial charge in [0.1, 0.15) is 17.6 Å². The minimum atomic E-state index is -0.657. The molecule has 2 heterocycles. The maximum atomic E-state index is 14.2. The van der Waals surface area contributed by atoms with E-state index in [9.17, 15) is 9.18 Å². The summed E-state index contributed by atoms with van der Waals surface area (Å²) in [6.45, 7) is 0.0601. The molecular formula is C15H14BrFN4O3S. The van der Waals surface area contributed by atoms with Crippen LogP contribution in [0.25, 0.3) is 0 Å². The van der Waals surface area contributed by atoms with Gasteiger partial charge in [-0.3, -0.25) is 14.6 Å². The summed E-state index contributed by atoms with van der Waals surface area (Å²) in [6.07, 6.45) is 1.64. The van der Waals surface area contributed by atoms with Crippen molar-refractivity contribution in [2.45, 2.75) is 12.6 Å². The van der Waals surface area contributed by atoms with Crippen molar-refractivity contribution in [3.8, 4) is 0 Å². The number of benzene rings is 1. The van der Waals surface area contributed by atoms with E-state index in [1.54, 1.807) is 18.3 Å². The molecule has 3 rings (SSSR count). The summed E-state index contributed by atoms with van der Waals surface area (Å²) in [5, 5.41) is 11.7. The van der Waals surface area contributed by atoms with Gasteiger partial charge in [0.2, 0.25) is 0 Å². The molecule has 1 aliphatic heterocycles. The molecule has 1 aromatic carbocycles. The molecule has 0 aliphatic carbocycles. The monoisotopic (exact) mass is 428 g/mol. The molecule has 1 atom stereocenters. The van der Waals surface area contributed by atoms with Gasteiger partial charge in [-0.2, -0.15) is 0 Å². The van der Waals surface area contributed by atoms with E-state index in [4.69, 9.17) is 9.94 Å². The minimum absolute atomic E-state index is 0.0380. The second-order valence-electron chi connectivity index (χ2n) is 5.11. The lowest BCUT2D eigenvalue weighted by Gasteiger charge is -2.24. The average Bonchev–Trinajstić information content (AvgIpc) is 3.06. The third-order valence-corrected chi connectivity index (χ3v) is 4.77. The van der Waals surface area contributed by atoms with Crippen LogP contribution in [-0.4, -0.2) is 34.3 Å².